The van der Waals surface area contributed by atoms with Crippen LogP contribution in [-0.2, 0) is 48.2 Å². The molecule has 0 aliphatic carbocycles. The van der Waals surface area contributed by atoms with Gasteiger partial charge >= 0.3 is 11.9 Å². The van der Waals surface area contributed by atoms with Gasteiger partial charge < -0.3 is 18.9 Å². The van der Waals surface area contributed by atoms with Crippen LogP contribution >= 0.6 is 0 Å². The fourth-order valence-corrected chi connectivity index (χ4v) is 5.74. The number of sulfone groups is 2. The van der Waals surface area contributed by atoms with Gasteiger partial charge in [-0.15, -0.1) is 0 Å². The summed E-state index contributed by atoms with van der Waals surface area (Å²) in [5.74, 6) is -2.76. The highest BCUT2D eigenvalue weighted by molar-refractivity contribution is 7.92. The van der Waals surface area contributed by atoms with Crippen molar-refractivity contribution in [2.45, 2.75) is 23.6 Å². The van der Waals surface area contributed by atoms with E-state index in [1.807, 2.05) is 13.8 Å². The van der Waals surface area contributed by atoms with Crippen LogP contribution in [0.4, 0.5) is 0 Å². The molecule has 0 saturated carbocycles. The number of esters is 2. The van der Waals surface area contributed by atoms with Crippen molar-refractivity contribution in [1.29, 1.82) is 0 Å². The quantitative estimate of drug-likeness (QED) is 0.153. The zero-order valence-electron chi connectivity index (χ0n) is 22.6. The van der Waals surface area contributed by atoms with E-state index in [1.54, 1.807) is 24.3 Å². The fraction of sp³-hybridized carbons (Fsp3) is 0.357. The highest BCUT2D eigenvalue weighted by atomic mass is 32.2. The van der Waals surface area contributed by atoms with E-state index in [1.165, 1.54) is 24.3 Å². The summed E-state index contributed by atoms with van der Waals surface area (Å²) < 4.78 is 70.2. The predicted molar refractivity (Wildman–Crippen MR) is 148 cm³/mol. The van der Waals surface area contributed by atoms with Crippen molar-refractivity contribution >= 4 is 31.6 Å². The molecule has 0 unspecified atom stereocenters. The predicted octanol–water partition coefficient (Wildman–Crippen LogP) is 2.78. The van der Waals surface area contributed by atoms with Crippen LogP contribution in [0.2, 0.25) is 0 Å². The summed E-state index contributed by atoms with van der Waals surface area (Å²) in [5, 5.41) is 0. The van der Waals surface area contributed by atoms with Gasteiger partial charge in [0, 0.05) is 11.1 Å². The number of ether oxygens (including phenoxy) is 4. The van der Waals surface area contributed by atoms with E-state index in [2.05, 4.69) is 13.2 Å². The summed E-state index contributed by atoms with van der Waals surface area (Å²) in [5.41, 5.74) is 1.46. The lowest BCUT2D eigenvalue weighted by Crippen LogP contribution is -2.19. The Hall–Kier alpha value is -3.32. The van der Waals surface area contributed by atoms with Crippen LogP contribution in [0.25, 0.3) is 0 Å². The summed E-state index contributed by atoms with van der Waals surface area (Å²) in [6.45, 7) is 10.9. The molecular weight excluding hydrogens is 560 g/mol. The number of carbonyl (C=O) groups is 2. The van der Waals surface area contributed by atoms with Gasteiger partial charge in [0.05, 0.1) is 47.7 Å². The van der Waals surface area contributed by atoms with E-state index >= 15 is 0 Å². The molecule has 0 aromatic heterocycles. The van der Waals surface area contributed by atoms with E-state index in [9.17, 15) is 26.4 Å². The molecule has 0 fully saturated rings. The number of aryl methyl sites for hydroxylation is 2. The summed E-state index contributed by atoms with van der Waals surface area (Å²) in [6.07, 6.45) is 0. The summed E-state index contributed by atoms with van der Waals surface area (Å²) in [7, 11) is -7.43. The summed E-state index contributed by atoms with van der Waals surface area (Å²) in [6, 6.07) is 12.6. The van der Waals surface area contributed by atoms with Gasteiger partial charge in [0.1, 0.15) is 13.2 Å². The third kappa shape index (κ3) is 11.0. The van der Waals surface area contributed by atoms with E-state index in [4.69, 9.17) is 18.9 Å². The first-order valence-electron chi connectivity index (χ1n) is 12.3. The van der Waals surface area contributed by atoms with Crippen molar-refractivity contribution in [3.05, 3.63) is 84.0 Å². The Balaban J connectivity index is 1.54. The summed E-state index contributed by atoms with van der Waals surface area (Å²) in [4.78, 5) is 24.3. The zero-order valence-corrected chi connectivity index (χ0v) is 24.2. The van der Waals surface area contributed by atoms with Crippen molar-refractivity contribution in [2.24, 2.45) is 0 Å². The molecule has 218 valence electrons. The van der Waals surface area contributed by atoms with Gasteiger partial charge in [0.15, 0.2) is 19.7 Å². The normalized spacial score (nSPS) is 11.6. The van der Waals surface area contributed by atoms with Gasteiger partial charge in [-0.3, -0.25) is 0 Å². The molecule has 12 heteroatoms. The number of hydrogen-bond acceptors (Lipinski definition) is 10. The van der Waals surface area contributed by atoms with Crippen molar-refractivity contribution in [1.82, 2.24) is 0 Å². The Morgan fingerprint density at radius 3 is 1.20 bits per heavy atom. The van der Waals surface area contributed by atoms with Gasteiger partial charge in [-0.1, -0.05) is 48.6 Å². The first-order chi connectivity index (χ1) is 18.8. The van der Waals surface area contributed by atoms with Gasteiger partial charge in [-0.25, -0.2) is 26.4 Å². The lowest BCUT2D eigenvalue weighted by molar-refractivity contribution is -0.142. The Kier molecular flexibility index (Phi) is 12.7. The molecule has 2 aromatic carbocycles. The molecule has 0 N–H and O–H groups in total. The Bertz CT molecular complexity index is 1280. The average Bonchev–Trinajstić information content (AvgIpc) is 2.89. The fourth-order valence-electron chi connectivity index (χ4n) is 3.15. The lowest BCUT2D eigenvalue weighted by atomic mass is 10.2. The third-order valence-corrected chi connectivity index (χ3v) is 8.80. The number of rotatable bonds is 17. The van der Waals surface area contributed by atoms with Crippen LogP contribution in [0.1, 0.15) is 11.1 Å². The van der Waals surface area contributed by atoms with Crippen molar-refractivity contribution in [3.63, 3.8) is 0 Å². The molecule has 0 spiro atoms. The molecule has 2 aromatic rings. The van der Waals surface area contributed by atoms with Crippen molar-refractivity contribution < 1.29 is 45.4 Å². The second kappa shape index (κ2) is 15.5. The molecule has 40 heavy (non-hydrogen) atoms. The van der Waals surface area contributed by atoms with Gasteiger partial charge in [-0.2, -0.15) is 0 Å². The minimum absolute atomic E-state index is 0.0529. The Morgan fingerprint density at radius 2 is 0.875 bits per heavy atom. The van der Waals surface area contributed by atoms with Gasteiger partial charge in [-0.05, 0) is 38.1 Å². The molecule has 0 aliphatic rings. The van der Waals surface area contributed by atoms with Gasteiger partial charge in [0.2, 0.25) is 0 Å². The molecule has 0 bridgehead atoms. The van der Waals surface area contributed by atoms with Crippen molar-refractivity contribution in [2.75, 3.05) is 51.1 Å². The van der Waals surface area contributed by atoms with Crippen LogP contribution in [0.15, 0.2) is 82.6 Å². The number of hydrogen-bond donors (Lipinski definition) is 0. The van der Waals surface area contributed by atoms with Crippen LogP contribution < -0.4 is 0 Å². The molecule has 0 atom stereocenters. The molecule has 2 rings (SSSR count). The first kappa shape index (κ1) is 32.9. The third-order valence-electron chi connectivity index (χ3n) is 5.36. The van der Waals surface area contributed by atoms with Crippen LogP contribution in [0, 0.1) is 13.8 Å². The maximum absolute atomic E-state index is 12.4. The van der Waals surface area contributed by atoms with Crippen molar-refractivity contribution in [3.8, 4) is 0 Å². The highest BCUT2D eigenvalue weighted by Crippen LogP contribution is 2.16. The molecule has 10 nitrogen and oxygen atoms in total. The van der Waals surface area contributed by atoms with E-state index in [0.29, 0.717) is 0 Å². The largest absolute Gasteiger partial charge is 0.460 e. The Morgan fingerprint density at radius 1 is 0.575 bits per heavy atom. The van der Waals surface area contributed by atoms with E-state index in [-0.39, 0.29) is 60.6 Å². The van der Waals surface area contributed by atoms with Crippen LogP contribution in [0.3, 0.4) is 0 Å². The standard InChI is InChI=1S/C28H34O10S2/c1-21-5-9-25(10-6-21)39(31,32)19-23(3)27(29)37-17-15-35-13-14-36-16-18-38-28(30)24(4)20-40(33,34)26-11-7-22(2)8-12-26/h5-12H,3-4,13-20H2,1-2H3. The minimum Gasteiger partial charge on any atom is -0.460 e. The SMILES string of the molecule is C=C(CS(=O)(=O)c1ccc(C)cc1)C(=O)OCCOCCOCCOC(=O)C(=C)CS(=O)(=O)c1ccc(C)cc1. The molecule has 0 heterocycles. The van der Waals surface area contributed by atoms with E-state index in [0.717, 1.165) is 11.1 Å². The number of carbonyl (C=O) groups excluding carboxylic acids is 2. The molecule has 0 aliphatic heterocycles. The lowest BCUT2D eigenvalue weighted by Gasteiger charge is -2.10. The molecule has 0 amide bonds. The second-order valence-corrected chi connectivity index (χ2v) is 12.8. The Labute approximate surface area is 235 Å². The molecule has 0 radical (unpaired) electrons. The maximum Gasteiger partial charge on any atom is 0.334 e. The van der Waals surface area contributed by atoms with Crippen LogP contribution in [-0.4, -0.2) is 79.9 Å². The van der Waals surface area contributed by atoms with E-state index < -0.39 is 43.1 Å². The number of benzene rings is 2. The highest BCUT2D eigenvalue weighted by Gasteiger charge is 2.21. The van der Waals surface area contributed by atoms with Gasteiger partial charge in [0.25, 0.3) is 0 Å². The topological polar surface area (TPSA) is 139 Å². The maximum atomic E-state index is 12.4. The second-order valence-electron chi connectivity index (χ2n) is 8.85. The molecule has 0 saturated heterocycles. The van der Waals surface area contributed by atoms with Crippen LogP contribution in [0.5, 0.6) is 0 Å². The smallest absolute Gasteiger partial charge is 0.334 e. The average molecular weight is 595 g/mol. The minimum atomic E-state index is -3.71. The first-order valence-corrected chi connectivity index (χ1v) is 15.6. The molecular formula is C28H34O10S2. The monoisotopic (exact) mass is 594 g/mol. The summed E-state index contributed by atoms with van der Waals surface area (Å²) >= 11 is 0. The zero-order chi connectivity index (χ0) is 29.8.